The highest BCUT2D eigenvalue weighted by Crippen LogP contribution is 2.52. The van der Waals surface area contributed by atoms with Gasteiger partial charge in [-0.1, -0.05) is 39.7 Å². The molecule has 5 rings (SSSR count). The van der Waals surface area contributed by atoms with Crippen LogP contribution in [0, 0.1) is 23.7 Å². The van der Waals surface area contributed by atoms with Crippen LogP contribution in [0.4, 0.5) is 0 Å². The number of hydrogen-bond donors (Lipinski definition) is 0. The number of ether oxygens (including phenoxy) is 1. The Morgan fingerprint density at radius 2 is 1.69 bits per heavy atom. The molecule has 2 aliphatic carbocycles. The van der Waals surface area contributed by atoms with E-state index in [0.717, 1.165) is 11.4 Å². The van der Waals surface area contributed by atoms with E-state index in [9.17, 15) is 14.4 Å². The number of imide groups is 1. The third-order valence-electron chi connectivity index (χ3n) is 6.07. The molecule has 1 saturated carbocycles. The van der Waals surface area contributed by atoms with Crippen LogP contribution in [0.25, 0.3) is 0 Å². The van der Waals surface area contributed by atoms with Gasteiger partial charge in [0.25, 0.3) is 11.8 Å². The number of carbonyl (C=O) groups is 3. The Balaban J connectivity index is 1.42. The number of benzene rings is 2. The van der Waals surface area contributed by atoms with Crippen LogP contribution in [-0.2, 0) is 9.59 Å². The number of esters is 1. The van der Waals surface area contributed by atoms with Crippen LogP contribution in [0.15, 0.2) is 62.6 Å². The summed E-state index contributed by atoms with van der Waals surface area (Å²) in [4.78, 5) is 38.3. The lowest BCUT2D eigenvalue weighted by molar-refractivity contribution is -0.140. The van der Waals surface area contributed by atoms with Gasteiger partial charge in [-0.25, -0.2) is 4.79 Å². The van der Waals surface area contributed by atoms with Gasteiger partial charge in [0.1, 0.15) is 0 Å². The predicted octanol–water partition coefficient (Wildman–Crippen LogP) is 5.23. The largest absolute Gasteiger partial charge is 0.421 e. The third kappa shape index (κ3) is 3.64. The molecule has 162 valence electrons. The molecule has 2 bridgehead atoms. The zero-order valence-electron chi connectivity index (χ0n) is 16.4. The van der Waals surface area contributed by atoms with Crippen LogP contribution >= 0.6 is 43.5 Å². The molecule has 0 radical (unpaired) electrons. The van der Waals surface area contributed by atoms with E-state index in [2.05, 4.69) is 37.0 Å². The number of carbonyl (C=O) groups excluding carboxylic acids is 3. The van der Waals surface area contributed by atoms with Crippen molar-refractivity contribution in [2.24, 2.45) is 28.8 Å². The molecular weight excluding hydrogens is 564 g/mol. The van der Waals surface area contributed by atoms with Crippen LogP contribution in [0.5, 0.6) is 5.75 Å². The van der Waals surface area contributed by atoms with Gasteiger partial charge in [0.2, 0.25) is 0 Å². The highest BCUT2D eigenvalue weighted by atomic mass is 79.9. The summed E-state index contributed by atoms with van der Waals surface area (Å²) in [5, 5.41) is 5.67. The molecule has 1 saturated heterocycles. The van der Waals surface area contributed by atoms with Gasteiger partial charge in [0.15, 0.2) is 5.75 Å². The van der Waals surface area contributed by atoms with E-state index in [1.54, 1.807) is 36.4 Å². The minimum atomic E-state index is -0.579. The Morgan fingerprint density at radius 3 is 2.31 bits per heavy atom. The number of halogens is 3. The first-order valence-electron chi connectivity index (χ1n) is 9.90. The monoisotopic (exact) mass is 576 g/mol. The van der Waals surface area contributed by atoms with Crippen molar-refractivity contribution in [3.63, 3.8) is 0 Å². The van der Waals surface area contributed by atoms with Gasteiger partial charge in [0, 0.05) is 15.1 Å². The van der Waals surface area contributed by atoms with E-state index in [0.29, 0.717) is 25.1 Å². The number of allylic oxidation sites excluding steroid dienone is 2. The summed E-state index contributed by atoms with van der Waals surface area (Å²) in [5.74, 6) is -1.35. The van der Waals surface area contributed by atoms with Crippen LogP contribution < -0.4 is 4.74 Å². The average molecular weight is 579 g/mol. The summed E-state index contributed by atoms with van der Waals surface area (Å²) in [6, 6.07) is 9.74. The second-order valence-corrected chi connectivity index (χ2v) is 10.1. The quantitative estimate of drug-likeness (QED) is 0.164. The van der Waals surface area contributed by atoms with Crippen LogP contribution in [0.3, 0.4) is 0 Å². The molecule has 4 atom stereocenters. The highest BCUT2D eigenvalue weighted by Gasteiger charge is 2.59. The average Bonchev–Trinajstić information content (AvgIpc) is 3.43. The summed E-state index contributed by atoms with van der Waals surface area (Å²) >= 11 is 12.7. The van der Waals surface area contributed by atoms with Gasteiger partial charge in [-0.2, -0.15) is 10.1 Å². The van der Waals surface area contributed by atoms with E-state index in [-0.39, 0.29) is 41.2 Å². The van der Waals surface area contributed by atoms with Gasteiger partial charge >= 0.3 is 5.97 Å². The molecule has 0 spiro atoms. The third-order valence-corrected chi connectivity index (χ3v) is 7.37. The highest BCUT2D eigenvalue weighted by molar-refractivity contribution is 9.11. The molecule has 3 aliphatic rings. The Labute approximate surface area is 205 Å². The number of hydrogen-bond acceptors (Lipinski definition) is 5. The Hall–Kier alpha value is -2.29. The summed E-state index contributed by atoms with van der Waals surface area (Å²) in [6.07, 6.45) is 6.29. The molecule has 2 aromatic rings. The van der Waals surface area contributed by atoms with Crippen molar-refractivity contribution < 1.29 is 19.1 Å². The van der Waals surface area contributed by atoms with Gasteiger partial charge in [-0.15, -0.1) is 0 Å². The van der Waals surface area contributed by atoms with Crippen LogP contribution in [-0.4, -0.2) is 29.0 Å². The number of hydrazone groups is 1. The van der Waals surface area contributed by atoms with Crippen molar-refractivity contribution in [3.05, 3.63) is 73.6 Å². The van der Waals surface area contributed by atoms with Gasteiger partial charge < -0.3 is 4.74 Å². The zero-order chi connectivity index (χ0) is 22.6. The summed E-state index contributed by atoms with van der Waals surface area (Å²) in [7, 11) is 0. The molecule has 32 heavy (non-hydrogen) atoms. The fraction of sp³-hybridized carbons (Fsp3) is 0.217. The van der Waals surface area contributed by atoms with E-state index in [1.807, 2.05) is 12.2 Å². The predicted molar refractivity (Wildman–Crippen MR) is 125 cm³/mol. The smallest absolute Gasteiger partial charge is 0.343 e. The molecule has 6 nitrogen and oxygen atoms in total. The summed E-state index contributed by atoms with van der Waals surface area (Å²) in [5.41, 5.74) is 0.750. The number of fused-ring (bicyclic) bond motifs is 5. The van der Waals surface area contributed by atoms with Crippen molar-refractivity contribution in [2.45, 2.75) is 6.42 Å². The summed E-state index contributed by atoms with van der Waals surface area (Å²) in [6.45, 7) is 0. The first-order chi connectivity index (χ1) is 15.3. The molecule has 1 heterocycles. The number of rotatable bonds is 4. The summed E-state index contributed by atoms with van der Waals surface area (Å²) < 4.78 is 6.82. The van der Waals surface area contributed by atoms with Crippen molar-refractivity contribution in [2.75, 3.05) is 0 Å². The Bertz CT molecular complexity index is 1180. The molecule has 1 aliphatic heterocycles. The van der Waals surface area contributed by atoms with Gasteiger partial charge in [0.05, 0.1) is 28.1 Å². The molecule has 9 heteroatoms. The van der Waals surface area contributed by atoms with E-state index in [4.69, 9.17) is 16.3 Å². The zero-order valence-corrected chi connectivity index (χ0v) is 20.3. The lowest BCUT2D eigenvalue weighted by Gasteiger charge is -2.13. The maximum atomic E-state index is 12.9. The normalized spacial score (nSPS) is 25.8. The maximum Gasteiger partial charge on any atom is 0.343 e. The number of amides is 2. The molecule has 0 unspecified atom stereocenters. The number of nitrogens with zero attached hydrogens (tertiary/aromatic N) is 2. The minimum absolute atomic E-state index is 0.109. The van der Waals surface area contributed by atoms with Crippen LogP contribution in [0.1, 0.15) is 22.3 Å². The van der Waals surface area contributed by atoms with E-state index in [1.165, 1.54) is 6.21 Å². The second kappa shape index (κ2) is 8.24. The topological polar surface area (TPSA) is 76.0 Å². The van der Waals surface area contributed by atoms with Gasteiger partial charge in [-0.05, 0) is 70.6 Å². The molecule has 0 N–H and O–H groups in total. The maximum absolute atomic E-state index is 12.9. The molecule has 2 amide bonds. The Kier molecular flexibility index (Phi) is 5.55. The Morgan fingerprint density at radius 1 is 1.06 bits per heavy atom. The van der Waals surface area contributed by atoms with Crippen molar-refractivity contribution in [1.82, 2.24) is 5.01 Å². The fourth-order valence-electron chi connectivity index (χ4n) is 4.64. The SMILES string of the molecule is O=C(Oc1c(Br)cc(Br)cc1C=NN1C(=O)[C@@H]2[C@H](C1=O)[C@H]1C=C[C@H]2C1)c1ccc(Cl)cc1. The molecule has 0 aromatic heterocycles. The minimum Gasteiger partial charge on any atom is -0.421 e. The van der Waals surface area contributed by atoms with Crippen molar-refractivity contribution in [3.8, 4) is 5.75 Å². The lowest BCUT2D eigenvalue weighted by atomic mass is 9.85. The first-order valence-corrected chi connectivity index (χ1v) is 11.9. The first kappa shape index (κ1) is 21.6. The molecular formula is C23H15Br2ClN2O4. The fourth-order valence-corrected chi connectivity index (χ4v) is 6.11. The van der Waals surface area contributed by atoms with E-state index < -0.39 is 5.97 Å². The van der Waals surface area contributed by atoms with Crippen molar-refractivity contribution in [1.29, 1.82) is 0 Å². The van der Waals surface area contributed by atoms with Gasteiger partial charge in [-0.3, -0.25) is 9.59 Å². The van der Waals surface area contributed by atoms with Crippen molar-refractivity contribution >= 4 is 67.5 Å². The lowest BCUT2D eigenvalue weighted by Crippen LogP contribution is -2.28. The second-order valence-electron chi connectivity index (χ2n) is 7.94. The standard InChI is InChI=1S/C23H15Br2ClN2O4/c24-15-8-14(20(17(25)9-15)32-23(31)11-3-5-16(26)6-4-11)10-27-28-21(29)18-12-1-2-13(7-12)19(18)22(28)30/h1-6,8-10,12-13,18-19H,7H2/t12-,13-,18-,19+/m0/s1. The molecule has 2 fully saturated rings. The van der Waals surface area contributed by atoms with E-state index >= 15 is 0 Å². The van der Waals surface area contributed by atoms with Crippen LogP contribution in [0.2, 0.25) is 5.02 Å². The molecule has 2 aromatic carbocycles.